The van der Waals surface area contributed by atoms with E-state index in [1.807, 2.05) is 0 Å². The molecule has 1 heterocycles. The van der Waals surface area contributed by atoms with E-state index in [1.165, 1.54) is 6.07 Å². The number of primary sulfonamides is 1. The fraction of sp³-hybridized carbons (Fsp3) is 0.538. The van der Waals surface area contributed by atoms with Crippen molar-refractivity contribution in [2.45, 2.75) is 30.3 Å². The largest absolute Gasteiger partial charge is 0.489 e. The molecule has 1 saturated heterocycles. The molecule has 0 spiro atoms. The molecular formula is C13H20N2O4S. The molecule has 1 aromatic rings. The summed E-state index contributed by atoms with van der Waals surface area (Å²) in [6, 6.07) is 4.94. The fourth-order valence-corrected chi connectivity index (χ4v) is 2.90. The van der Waals surface area contributed by atoms with E-state index in [2.05, 4.69) is 0 Å². The van der Waals surface area contributed by atoms with Gasteiger partial charge in [0.25, 0.3) is 0 Å². The molecule has 2 rings (SSSR count). The van der Waals surface area contributed by atoms with Crippen LogP contribution in [0.4, 0.5) is 0 Å². The highest BCUT2D eigenvalue weighted by molar-refractivity contribution is 7.89. The SMILES string of the molecule is NCCc1ccc(OCC2CCCO2)c(S(N)(=O)=O)c1. The van der Waals surface area contributed by atoms with E-state index in [9.17, 15) is 8.42 Å². The Morgan fingerprint density at radius 3 is 2.80 bits per heavy atom. The maximum atomic E-state index is 11.6. The summed E-state index contributed by atoms with van der Waals surface area (Å²) in [6.45, 7) is 1.50. The lowest BCUT2D eigenvalue weighted by Crippen LogP contribution is -2.19. The molecule has 0 saturated carbocycles. The Morgan fingerprint density at radius 2 is 2.20 bits per heavy atom. The summed E-state index contributed by atoms with van der Waals surface area (Å²) in [5, 5.41) is 5.24. The van der Waals surface area contributed by atoms with Crippen molar-refractivity contribution in [3.8, 4) is 5.75 Å². The minimum Gasteiger partial charge on any atom is -0.489 e. The van der Waals surface area contributed by atoms with Crippen molar-refractivity contribution in [2.24, 2.45) is 10.9 Å². The molecule has 6 nitrogen and oxygen atoms in total. The molecule has 0 aliphatic carbocycles. The minimum atomic E-state index is -3.83. The van der Waals surface area contributed by atoms with E-state index >= 15 is 0 Å². The molecule has 20 heavy (non-hydrogen) atoms. The van der Waals surface area contributed by atoms with Crippen LogP contribution in [-0.4, -0.2) is 34.3 Å². The molecule has 4 N–H and O–H groups in total. The third kappa shape index (κ3) is 3.92. The van der Waals surface area contributed by atoms with E-state index in [0.717, 1.165) is 25.0 Å². The lowest BCUT2D eigenvalue weighted by Gasteiger charge is -2.14. The summed E-state index contributed by atoms with van der Waals surface area (Å²) in [5.74, 6) is 0.267. The van der Waals surface area contributed by atoms with Gasteiger partial charge < -0.3 is 15.2 Å². The molecule has 0 aromatic heterocycles. The zero-order valence-corrected chi connectivity index (χ0v) is 12.1. The van der Waals surface area contributed by atoms with Gasteiger partial charge in [0.2, 0.25) is 10.0 Å². The van der Waals surface area contributed by atoms with E-state index in [-0.39, 0.29) is 16.7 Å². The van der Waals surface area contributed by atoms with Crippen LogP contribution in [0.2, 0.25) is 0 Å². The van der Waals surface area contributed by atoms with Gasteiger partial charge in [0.15, 0.2) is 0 Å². The van der Waals surface area contributed by atoms with Gasteiger partial charge in [-0.05, 0) is 43.5 Å². The summed E-state index contributed by atoms with van der Waals surface area (Å²) < 4.78 is 34.3. The number of hydrogen-bond donors (Lipinski definition) is 2. The molecule has 7 heteroatoms. The normalized spacial score (nSPS) is 19.2. The Labute approximate surface area is 119 Å². The first-order valence-corrected chi connectivity index (χ1v) is 8.15. The predicted molar refractivity (Wildman–Crippen MR) is 75.0 cm³/mol. The molecule has 1 aromatic carbocycles. The molecular weight excluding hydrogens is 280 g/mol. The Morgan fingerprint density at radius 1 is 1.40 bits per heavy atom. The van der Waals surface area contributed by atoms with Crippen molar-refractivity contribution in [1.29, 1.82) is 0 Å². The van der Waals surface area contributed by atoms with Crippen LogP contribution in [0.1, 0.15) is 18.4 Å². The molecule has 1 atom stereocenters. The van der Waals surface area contributed by atoms with Crippen molar-refractivity contribution in [1.82, 2.24) is 0 Å². The first-order valence-electron chi connectivity index (χ1n) is 6.61. The minimum absolute atomic E-state index is 0.00134. The Bertz CT molecular complexity index is 553. The van der Waals surface area contributed by atoms with Gasteiger partial charge in [-0.3, -0.25) is 0 Å². The smallest absolute Gasteiger partial charge is 0.241 e. The zero-order chi connectivity index (χ0) is 14.6. The summed E-state index contributed by atoms with van der Waals surface area (Å²) in [4.78, 5) is 0.00134. The molecule has 0 amide bonds. The molecule has 1 aliphatic rings. The van der Waals surface area contributed by atoms with Crippen LogP contribution in [0, 0.1) is 0 Å². The van der Waals surface area contributed by atoms with Crippen molar-refractivity contribution in [3.05, 3.63) is 23.8 Å². The lowest BCUT2D eigenvalue weighted by molar-refractivity contribution is 0.0669. The topological polar surface area (TPSA) is 105 Å². The van der Waals surface area contributed by atoms with Gasteiger partial charge in [-0.1, -0.05) is 6.07 Å². The average molecular weight is 300 g/mol. The third-order valence-corrected chi connectivity index (χ3v) is 4.13. The van der Waals surface area contributed by atoms with Gasteiger partial charge in [0.1, 0.15) is 17.3 Å². The number of ether oxygens (including phenoxy) is 2. The third-order valence-electron chi connectivity index (χ3n) is 3.20. The summed E-state index contributed by atoms with van der Waals surface area (Å²) >= 11 is 0. The molecule has 1 unspecified atom stereocenters. The monoisotopic (exact) mass is 300 g/mol. The second-order valence-corrected chi connectivity index (χ2v) is 6.34. The Kier molecular flexibility index (Phi) is 4.98. The van der Waals surface area contributed by atoms with Gasteiger partial charge in [-0.25, -0.2) is 13.6 Å². The average Bonchev–Trinajstić information content (AvgIpc) is 2.89. The molecule has 112 valence electrons. The zero-order valence-electron chi connectivity index (χ0n) is 11.2. The molecule has 1 aliphatic heterocycles. The number of benzene rings is 1. The Balaban J connectivity index is 2.17. The first kappa shape index (κ1) is 15.2. The van der Waals surface area contributed by atoms with Gasteiger partial charge in [0, 0.05) is 6.61 Å². The van der Waals surface area contributed by atoms with Gasteiger partial charge in [-0.15, -0.1) is 0 Å². The van der Waals surface area contributed by atoms with Crippen LogP contribution in [0.25, 0.3) is 0 Å². The van der Waals surface area contributed by atoms with Crippen molar-refractivity contribution in [2.75, 3.05) is 19.8 Å². The van der Waals surface area contributed by atoms with Crippen LogP contribution >= 0.6 is 0 Å². The summed E-state index contributed by atoms with van der Waals surface area (Å²) in [7, 11) is -3.83. The summed E-state index contributed by atoms with van der Waals surface area (Å²) in [5.41, 5.74) is 6.29. The van der Waals surface area contributed by atoms with E-state index in [0.29, 0.717) is 19.6 Å². The molecule has 0 bridgehead atoms. The Hall–Kier alpha value is -1.15. The standard InChI is InChI=1S/C13H20N2O4S/c14-6-5-10-3-4-12(13(8-10)20(15,16)17)19-9-11-2-1-7-18-11/h3-4,8,11H,1-2,5-7,9,14H2,(H2,15,16,17). The van der Waals surface area contributed by atoms with E-state index in [1.54, 1.807) is 12.1 Å². The van der Waals surface area contributed by atoms with Gasteiger partial charge in [0.05, 0.1) is 6.10 Å². The number of nitrogens with two attached hydrogens (primary N) is 2. The van der Waals surface area contributed by atoms with E-state index < -0.39 is 10.0 Å². The van der Waals surface area contributed by atoms with Crippen LogP contribution in [0.15, 0.2) is 23.1 Å². The fourth-order valence-electron chi connectivity index (χ4n) is 2.17. The van der Waals surface area contributed by atoms with Gasteiger partial charge >= 0.3 is 0 Å². The molecule has 1 fully saturated rings. The number of rotatable bonds is 6. The lowest BCUT2D eigenvalue weighted by atomic mass is 10.1. The van der Waals surface area contributed by atoms with Crippen LogP contribution in [0.3, 0.4) is 0 Å². The van der Waals surface area contributed by atoms with E-state index in [4.69, 9.17) is 20.3 Å². The highest BCUT2D eigenvalue weighted by Gasteiger charge is 2.20. The highest BCUT2D eigenvalue weighted by atomic mass is 32.2. The number of sulfonamides is 1. The first-order chi connectivity index (χ1) is 9.50. The number of hydrogen-bond acceptors (Lipinski definition) is 5. The summed E-state index contributed by atoms with van der Waals surface area (Å²) in [6.07, 6.45) is 2.54. The second kappa shape index (κ2) is 6.53. The molecule has 0 radical (unpaired) electrons. The highest BCUT2D eigenvalue weighted by Crippen LogP contribution is 2.25. The van der Waals surface area contributed by atoms with Gasteiger partial charge in [-0.2, -0.15) is 0 Å². The van der Waals surface area contributed by atoms with Crippen LogP contribution in [-0.2, 0) is 21.2 Å². The van der Waals surface area contributed by atoms with Crippen molar-refractivity contribution < 1.29 is 17.9 Å². The maximum absolute atomic E-state index is 11.6. The second-order valence-electron chi connectivity index (χ2n) is 4.81. The quantitative estimate of drug-likeness (QED) is 0.791. The van der Waals surface area contributed by atoms with Crippen molar-refractivity contribution >= 4 is 10.0 Å². The predicted octanol–water partition coefficient (Wildman–Crippen LogP) is 0.393. The van der Waals surface area contributed by atoms with Crippen LogP contribution in [0.5, 0.6) is 5.75 Å². The van der Waals surface area contributed by atoms with Crippen molar-refractivity contribution in [3.63, 3.8) is 0 Å². The van der Waals surface area contributed by atoms with Crippen LogP contribution < -0.4 is 15.6 Å². The maximum Gasteiger partial charge on any atom is 0.241 e.